The number of anilines is 1. The molecule has 1 aromatic rings. The number of hydrogen-bond donors (Lipinski definition) is 1. The van der Waals surface area contributed by atoms with Crippen LogP contribution in [-0.4, -0.2) is 55.0 Å². The first-order valence-electron chi connectivity index (χ1n) is 7.86. The van der Waals surface area contributed by atoms with Gasteiger partial charge < -0.3 is 19.6 Å². The van der Waals surface area contributed by atoms with Crippen LogP contribution in [0.1, 0.15) is 13.3 Å². The third-order valence-electron chi connectivity index (χ3n) is 4.25. The summed E-state index contributed by atoms with van der Waals surface area (Å²) in [5, 5.41) is 9.43. The highest BCUT2D eigenvalue weighted by Crippen LogP contribution is 2.35. The molecule has 1 N–H and O–H groups in total. The Kier molecular flexibility index (Phi) is 5.89. The number of carboxylic acids is 1. The number of nitrogens with zero attached hydrogens (tertiary/aromatic N) is 2. The van der Waals surface area contributed by atoms with E-state index < -0.39 is 17.8 Å². The summed E-state index contributed by atoms with van der Waals surface area (Å²) in [6.07, 6.45) is 0.0697. The summed E-state index contributed by atoms with van der Waals surface area (Å²) in [7, 11) is 3.05. The van der Waals surface area contributed by atoms with Crippen molar-refractivity contribution in [2.24, 2.45) is 11.8 Å². The van der Waals surface area contributed by atoms with E-state index in [1.807, 2.05) is 0 Å². The molecule has 0 aromatic heterocycles. The number of amides is 2. The fourth-order valence-corrected chi connectivity index (χ4v) is 3.04. The molecule has 7 nitrogen and oxygen atoms in total. The van der Waals surface area contributed by atoms with E-state index in [1.54, 1.807) is 25.2 Å². The Morgan fingerprint density at radius 2 is 2.16 bits per heavy atom. The second-order valence-electron chi connectivity index (χ2n) is 6.18. The minimum atomic E-state index is -0.965. The van der Waals surface area contributed by atoms with E-state index in [9.17, 15) is 14.4 Å². The van der Waals surface area contributed by atoms with Crippen molar-refractivity contribution in [2.45, 2.75) is 13.3 Å². The van der Waals surface area contributed by atoms with Gasteiger partial charge in [0.05, 0.1) is 24.6 Å². The molecule has 1 aliphatic rings. The molecule has 2 amide bonds. The van der Waals surface area contributed by atoms with Crippen LogP contribution in [0, 0.1) is 11.8 Å². The molecule has 136 valence electrons. The van der Waals surface area contributed by atoms with Crippen LogP contribution in [0.4, 0.5) is 5.69 Å². The van der Waals surface area contributed by atoms with Crippen LogP contribution in [0.3, 0.4) is 0 Å². The van der Waals surface area contributed by atoms with Crippen molar-refractivity contribution in [2.75, 3.05) is 32.1 Å². The number of halogens is 1. The van der Waals surface area contributed by atoms with Crippen LogP contribution < -0.4 is 9.64 Å². The number of ether oxygens (including phenoxy) is 1. The fraction of sp³-hybridized carbons (Fsp3) is 0.471. The molecule has 25 heavy (non-hydrogen) atoms. The van der Waals surface area contributed by atoms with Crippen LogP contribution in [0.5, 0.6) is 5.75 Å². The van der Waals surface area contributed by atoms with Crippen molar-refractivity contribution in [1.29, 1.82) is 0 Å². The first-order chi connectivity index (χ1) is 11.7. The SMILES string of the molecule is COc1ccc(Cl)cc1N1CC(C(=O)N(C)CC(C)C(=O)O)CC1=O. The molecule has 2 atom stereocenters. The molecular weight excluding hydrogens is 348 g/mol. The van der Waals surface area contributed by atoms with Crippen molar-refractivity contribution in [3.63, 3.8) is 0 Å². The maximum atomic E-state index is 12.5. The molecule has 2 unspecified atom stereocenters. The zero-order valence-corrected chi connectivity index (χ0v) is 15.1. The number of aliphatic carboxylic acids is 1. The van der Waals surface area contributed by atoms with Gasteiger partial charge in [-0.15, -0.1) is 0 Å². The van der Waals surface area contributed by atoms with E-state index in [0.717, 1.165) is 0 Å². The van der Waals surface area contributed by atoms with Crippen LogP contribution in [-0.2, 0) is 14.4 Å². The standard InChI is InChI=1S/C17H21ClN2O5/c1-10(17(23)24)8-19(2)16(22)11-6-15(21)20(9-11)13-7-12(18)4-5-14(13)25-3/h4-5,7,10-11H,6,8-9H2,1-3H3,(H,23,24). The van der Waals surface area contributed by atoms with Gasteiger partial charge in [-0.2, -0.15) is 0 Å². The molecule has 1 aromatic carbocycles. The van der Waals surface area contributed by atoms with Gasteiger partial charge >= 0.3 is 5.97 Å². The number of carbonyl (C=O) groups excluding carboxylic acids is 2. The van der Waals surface area contributed by atoms with Crippen molar-refractivity contribution >= 4 is 35.1 Å². The Bertz CT molecular complexity index is 694. The normalized spacial score (nSPS) is 18.2. The minimum Gasteiger partial charge on any atom is -0.495 e. The van der Waals surface area contributed by atoms with Gasteiger partial charge in [0.2, 0.25) is 11.8 Å². The molecule has 0 aliphatic carbocycles. The highest BCUT2D eigenvalue weighted by atomic mass is 35.5. The lowest BCUT2D eigenvalue weighted by Crippen LogP contribution is -2.38. The third-order valence-corrected chi connectivity index (χ3v) is 4.49. The molecular formula is C17H21ClN2O5. The van der Waals surface area contributed by atoms with Gasteiger partial charge in [-0.3, -0.25) is 14.4 Å². The van der Waals surface area contributed by atoms with Gasteiger partial charge in [0.15, 0.2) is 0 Å². The average Bonchev–Trinajstić information content (AvgIpc) is 2.95. The predicted octanol–water partition coefficient (Wildman–Crippen LogP) is 1.88. The Morgan fingerprint density at radius 1 is 1.48 bits per heavy atom. The Balaban J connectivity index is 2.13. The average molecular weight is 369 g/mol. The van der Waals surface area contributed by atoms with Crippen molar-refractivity contribution in [1.82, 2.24) is 4.90 Å². The molecule has 0 spiro atoms. The maximum absolute atomic E-state index is 12.5. The number of carboxylic acid groups (broad SMARTS) is 1. The van der Waals surface area contributed by atoms with Crippen LogP contribution in [0.2, 0.25) is 5.02 Å². The minimum absolute atomic E-state index is 0.0697. The maximum Gasteiger partial charge on any atom is 0.308 e. The second-order valence-corrected chi connectivity index (χ2v) is 6.62. The number of methoxy groups -OCH3 is 1. The zero-order chi connectivity index (χ0) is 18.7. The number of rotatable bonds is 6. The smallest absolute Gasteiger partial charge is 0.308 e. The van der Waals surface area contributed by atoms with Crippen LogP contribution >= 0.6 is 11.6 Å². The fourth-order valence-electron chi connectivity index (χ4n) is 2.87. The topological polar surface area (TPSA) is 87.2 Å². The molecule has 1 saturated heterocycles. The Morgan fingerprint density at radius 3 is 2.76 bits per heavy atom. The Labute approximate surface area is 151 Å². The highest BCUT2D eigenvalue weighted by molar-refractivity contribution is 6.31. The summed E-state index contributed by atoms with van der Waals surface area (Å²) in [5.41, 5.74) is 0.525. The van der Waals surface area contributed by atoms with E-state index in [2.05, 4.69) is 0 Å². The molecule has 1 fully saturated rings. The quantitative estimate of drug-likeness (QED) is 0.828. The monoisotopic (exact) mass is 368 g/mol. The van der Waals surface area contributed by atoms with Crippen LogP contribution in [0.25, 0.3) is 0 Å². The zero-order valence-electron chi connectivity index (χ0n) is 14.4. The van der Waals surface area contributed by atoms with Crippen LogP contribution in [0.15, 0.2) is 18.2 Å². The Hall–Kier alpha value is -2.28. The molecule has 0 radical (unpaired) electrons. The molecule has 1 aliphatic heterocycles. The predicted molar refractivity (Wildman–Crippen MR) is 92.9 cm³/mol. The van der Waals surface area contributed by atoms with E-state index in [4.69, 9.17) is 21.4 Å². The number of carbonyl (C=O) groups is 3. The summed E-state index contributed by atoms with van der Waals surface area (Å²) < 4.78 is 5.27. The van der Waals surface area contributed by atoms with E-state index >= 15 is 0 Å². The lowest BCUT2D eigenvalue weighted by molar-refractivity contribution is -0.143. The molecule has 0 saturated carbocycles. The van der Waals surface area contributed by atoms with Gasteiger partial charge in [0.25, 0.3) is 0 Å². The van der Waals surface area contributed by atoms with Crippen molar-refractivity contribution in [3.8, 4) is 5.75 Å². The van der Waals surface area contributed by atoms with E-state index in [1.165, 1.54) is 23.8 Å². The first kappa shape index (κ1) is 19.1. The molecule has 0 bridgehead atoms. The molecule has 2 rings (SSSR count). The lowest BCUT2D eigenvalue weighted by atomic mass is 10.1. The summed E-state index contributed by atoms with van der Waals surface area (Å²) in [6, 6.07) is 4.95. The largest absolute Gasteiger partial charge is 0.495 e. The summed E-state index contributed by atoms with van der Waals surface area (Å²) in [5.74, 6) is -2.10. The first-order valence-corrected chi connectivity index (χ1v) is 8.24. The second kappa shape index (κ2) is 7.74. The van der Waals surface area contributed by atoms with E-state index in [-0.39, 0.29) is 31.3 Å². The summed E-state index contributed by atoms with van der Waals surface area (Å²) in [4.78, 5) is 38.7. The van der Waals surface area contributed by atoms with Gasteiger partial charge in [-0.05, 0) is 18.2 Å². The third kappa shape index (κ3) is 4.22. The van der Waals surface area contributed by atoms with E-state index in [0.29, 0.717) is 16.5 Å². The number of benzene rings is 1. The molecule has 1 heterocycles. The summed E-state index contributed by atoms with van der Waals surface area (Å²) >= 11 is 6.01. The number of hydrogen-bond acceptors (Lipinski definition) is 4. The summed E-state index contributed by atoms with van der Waals surface area (Å²) in [6.45, 7) is 1.84. The molecule has 8 heteroatoms. The van der Waals surface area contributed by atoms with Gasteiger partial charge in [-0.1, -0.05) is 18.5 Å². The van der Waals surface area contributed by atoms with Gasteiger partial charge in [0.1, 0.15) is 5.75 Å². The van der Waals surface area contributed by atoms with Crippen molar-refractivity contribution < 1.29 is 24.2 Å². The van der Waals surface area contributed by atoms with Gasteiger partial charge in [-0.25, -0.2) is 0 Å². The lowest BCUT2D eigenvalue weighted by Gasteiger charge is -2.23. The highest BCUT2D eigenvalue weighted by Gasteiger charge is 2.38. The van der Waals surface area contributed by atoms with Gasteiger partial charge in [0, 0.05) is 31.6 Å². The van der Waals surface area contributed by atoms with Crippen molar-refractivity contribution in [3.05, 3.63) is 23.2 Å².